The first-order valence-electron chi connectivity index (χ1n) is 9.76. The molecule has 0 atom stereocenters. The van der Waals surface area contributed by atoms with E-state index in [4.69, 9.17) is 4.74 Å². The summed E-state index contributed by atoms with van der Waals surface area (Å²) >= 11 is 0. The van der Waals surface area contributed by atoms with Crippen LogP contribution in [0.2, 0.25) is 0 Å². The molecule has 0 unspecified atom stereocenters. The van der Waals surface area contributed by atoms with Gasteiger partial charge in [0, 0.05) is 24.7 Å². The molecular weight excluding hydrogens is 366 g/mol. The Morgan fingerprint density at radius 3 is 2.52 bits per heavy atom. The number of aliphatic carboxylic acids is 1. The third kappa shape index (κ3) is 4.54. The molecule has 0 radical (unpaired) electrons. The Morgan fingerprint density at radius 1 is 1.03 bits per heavy atom. The summed E-state index contributed by atoms with van der Waals surface area (Å²) in [6.07, 6.45) is 2.82. The molecule has 0 aliphatic carbocycles. The predicted octanol–water partition coefficient (Wildman–Crippen LogP) is 4.02. The van der Waals surface area contributed by atoms with E-state index in [0.29, 0.717) is 32.5 Å². The lowest BCUT2D eigenvalue weighted by Crippen LogP contribution is -2.36. The van der Waals surface area contributed by atoms with Gasteiger partial charge in [-0.25, -0.2) is 9.97 Å². The summed E-state index contributed by atoms with van der Waals surface area (Å²) in [6, 6.07) is 19.8. The highest BCUT2D eigenvalue weighted by atomic mass is 16.5. The van der Waals surface area contributed by atoms with Crippen molar-refractivity contribution in [3.63, 3.8) is 0 Å². The largest absolute Gasteiger partial charge is 0.488 e. The molecule has 3 aromatic rings. The van der Waals surface area contributed by atoms with Gasteiger partial charge in [0.2, 0.25) is 0 Å². The molecule has 1 N–H and O–H groups in total. The summed E-state index contributed by atoms with van der Waals surface area (Å²) in [5, 5.41) is 9.19. The number of hydrogen-bond donors (Lipinski definition) is 1. The van der Waals surface area contributed by atoms with Crippen molar-refractivity contribution < 1.29 is 14.6 Å². The lowest BCUT2D eigenvalue weighted by Gasteiger charge is -2.31. The Morgan fingerprint density at radius 2 is 1.76 bits per heavy atom. The Bertz CT molecular complexity index is 970. The van der Waals surface area contributed by atoms with E-state index in [0.717, 1.165) is 28.4 Å². The van der Waals surface area contributed by atoms with Gasteiger partial charge in [-0.15, -0.1) is 0 Å². The second-order valence-electron chi connectivity index (χ2n) is 7.13. The SMILES string of the molecule is O=C(O)C1CCN(c2cc(-c3ccccc3OCc3ccccc3)ncn2)CC1. The van der Waals surface area contributed by atoms with Crippen molar-refractivity contribution in [2.75, 3.05) is 18.0 Å². The zero-order chi connectivity index (χ0) is 20.1. The zero-order valence-electron chi connectivity index (χ0n) is 16.1. The number of aromatic nitrogens is 2. The Hall–Kier alpha value is -3.41. The molecule has 29 heavy (non-hydrogen) atoms. The van der Waals surface area contributed by atoms with E-state index in [1.165, 1.54) is 0 Å². The topological polar surface area (TPSA) is 75.5 Å². The van der Waals surface area contributed by atoms with Crippen LogP contribution in [0.1, 0.15) is 18.4 Å². The van der Waals surface area contributed by atoms with Crippen molar-refractivity contribution in [2.45, 2.75) is 19.4 Å². The Kier molecular flexibility index (Phi) is 5.70. The van der Waals surface area contributed by atoms with Gasteiger partial charge >= 0.3 is 5.97 Å². The number of carbonyl (C=O) groups is 1. The minimum atomic E-state index is -0.711. The molecule has 2 aromatic carbocycles. The molecule has 148 valence electrons. The van der Waals surface area contributed by atoms with Crippen LogP contribution in [0.3, 0.4) is 0 Å². The van der Waals surface area contributed by atoms with E-state index in [1.54, 1.807) is 6.33 Å². The minimum absolute atomic E-state index is 0.264. The van der Waals surface area contributed by atoms with Gasteiger partial charge in [-0.05, 0) is 30.5 Å². The molecule has 1 saturated heterocycles. The number of benzene rings is 2. The monoisotopic (exact) mass is 389 g/mol. The fourth-order valence-electron chi connectivity index (χ4n) is 3.56. The van der Waals surface area contributed by atoms with Gasteiger partial charge in [0.05, 0.1) is 11.6 Å². The van der Waals surface area contributed by atoms with Crippen LogP contribution in [0.15, 0.2) is 67.0 Å². The van der Waals surface area contributed by atoms with Crippen LogP contribution in [0.5, 0.6) is 5.75 Å². The predicted molar refractivity (Wildman–Crippen MR) is 111 cm³/mol. The number of carboxylic acid groups (broad SMARTS) is 1. The molecule has 0 spiro atoms. The lowest BCUT2D eigenvalue weighted by atomic mass is 9.97. The molecule has 1 aromatic heterocycles. The van der Waals surface area contributed by atoms with Crippen LogP contribution in [0.25, 0.3) is 11.3 Å². The molecule has 6 heteroatoms. The first-order valence-corrected chi connectivity index (χ1v) is 9.76. The molecule has 0 saturated carbocycles. The molecule has 0 bridgehead atoms. The number of carboxylic acids is 1. The maximum atomic E-state index is 11.2. The molecule has 1 fully saturated rings. The van der Waals surface area contributed by atoms with E-state index < -0.39 is 5.97 Å². The van der Waals surface area contributed by atoms with E-state index >= 15 is 0 Å². The maximum Gasteiger partial charge on any atom is 0.306 e. The van der Waals surface area contributed by atoms with Crippen LogP contribution in [0, 0.1) is 5.92 Å². The van der Waals surface area contributed by atoms with E-state index in [1.807, 2.05) is 60.7 Å². The third-order valence-electron chi connectivity index (χ3n) is 5.22. The highest BCUT2D eigenvalue weighted by Gasteiger charge is 2.25. The van der Waals surface area contributed by atoms with Crippen molar-refractivity contribution in [2.24, 2.45) is 5.92 Å². The average Bonchev–Trinajstić information content (AvgIpc) is 2.79. The van der Waals surface area contributed by atoms with Crippen LogP contribution in [-0.2, 0) is 11.4 Å². The fourth-order valence-corrected chi connectivity index (χ4v) is 3.56. The minimum Gasteiger partial charge on any atom is -0.488 e. The summed E-state index contributed by atoms with van der Waals surface area (Å²) < 4.78 is 6.06. The van der Waals surface area contributed by atoms with Gasteiger partial charge in [-0.3, -0.25) is 4.79 Å². The second-order valence-corrected chi connectivity index (χ2v) is 7.13. The summed E-state index contributed by atoms with van der Waals surface area (Å²) in [5.74, 6) is 0.611. The summed E-state index contributed by atoms with van der Waals surface area (Å²) in [4.78, 5) is 22.2. The van der Waals surface area contributed by atoms with Crippen molar-refractivity contribution >= 4 is 11.8 Å². The van der Waals surface area contributed by atoms with Crippen molar-refractivity contribution in [1.29, 1.82) is 0 Å². The first kappa shape index (κ1) is 18.9. The molecule has 2 heterocycles. The molecule has 1 aliphatic heterocycles. The van der Waals surface area contributed by atoms with Gasteiger partial charge in [0.25, 0.3) is 0 Å². The van der Waals surface area contributed by atoms with Gasteiger partial charge in [0.15, 0.2) is 0 Å². The van der Waals surface area contributed by atoms with Crippen molar-refractivity contribution in [3.05, 3.63) is 72.6 Å². The van der Waals surface area contributed by atoms with Crippen LogP contribution < -0.4 is 9.64 Å². The first-order chi connectivity index (χ1) is 14.2. The molecule has 6 nitrogen and oxygen atoms in total. The summed E-state index contributed by atoms with van der Waals surface area (Å²) in [7, 11) is 0. The number of anilines is 1. The van der Waals surface area contributed by atoms with Crippen LogP contribution in [-0.4, -0.2) is 34.1 Å². The smallest absolute Gasteiger partial charge is 0.306 e. The van der Waals surface area contributed by atoms with Gasteiger partial charge in [-0.2, -0.15) is 0 Å². The highest BCUT2D eigenvalue weighted by Crippen LogP contribution is 2.31. The molecule has 1 aliphatic rings. The number of piperidine rings is 1. The van der Waals surface area contributed by atoms with Crippen molar-refractivity contribution in [1.82, 2.24) is 9.97 Å². The van der Waals surface area contributed by atoms with Crippen LogP contribution in [0.4, 0.5) is 5.82 Å². The second kappa shape index (κ2) is 8.73. The number of ether oxygens (including phenoxy) is 1. The average molecular weight is 389 g/mol. The molecule has 4 rings (SSSR count). The Balaban J connectivity index is 1.52. The van der Waals surface area contributed by atoms with Gasteiger partial charge in [0.1, 0.15) is 24.5 Å². The summed E-state index contributed by atoms with van der Waals surface area (Å²) in [6.45, 7) is 1.84. The highest BCUT2D eigenvalue weighted by molar-refractivity contribution is 5.71. The lowest BCUT2D eigenvalue weighted by molar-refractivity contribution is -0.142. The standard InChI is InChI=1S/C23H23N3O3/c27-23(28)18-10-12-26(13-11-18)22-14-20(24-16-25-22)19-8-4-5-9-21(19)29-15-17-6-2-1-3-7-17/h1-9,14,16,18H,10-13,15H2,(H,27,28). The fraction of sp³-hybridized carbons (Fsp3) is 0.261. The van der Waals surface area contributed by atoms with Gasteiger partial charge in [-0.1, -0.05) is 42.5 Å². The number of nitrogens with zero attached hydrogens (tertiary/aromatic N) is 3. The van der Waals surface area contributed by atoms with E-state index in [-0.39, 0.29) is 5.92 Å². The zero-order valence-corrected chi connectivity index (χ0v) is 16.1. The third-order valence-corrected chi connectivity index (χ3v) is 5.22. The number of hydrogen-bond acceptors (Lipinski definition) is 5. The van der Waals surface area contributed by atoms with Gasteiger partial charge < -0.3 is 14.7 Å². The van der Waals surface area contributed by atoms with E-state index in [2.05, 4.69) is 14.9 Å². The van der Waals surface area contributed by atoms with Crippen molar-refractivity contribution in [3.8, 4) is 17.0 Å². The van der Waals surface area contributed by atoms with E-state index in [9.17, 15) is 9.90 Å². The normalized spacial score (nSPS) is 14.6. The van der Waals surface area contributed by atoms with Crippen LogP contribution >= 0.6 is 0 Å². The maximum absolute atomic E-state index is 11.2. The Labute approximate surface area is 169 Å². The number of para-hydroxylation sites is 1. The quantitative estimate of drug-likeness (QED) is 0.686. The molecular formula is C23H23N3O3. The number of rotatable bonds is 6. The summed E-state index contributed by atoms with van der Waals surface area (Å²) in [5.41, 5.74) is 2.80. The molecule has 0 amide bonds.